The molecule has 0 unspecified atom stereocenters. The first-order chi connectivity index (χ1) is 21.0. The zero-order chi connectivity index (χ0) is 32.6. The number of hydrogen-bond donors (Lipinski definition) is 1. The van der Waals surface area contributed by atoms with Crippen LogP contribution in [-0.2, 0) is 14.6 Å². The molecule has 0 heterocycles. The van der Waals surface area contributed by atoms with E-state index >= 15 is 8.78 Å². The summed E-state index contributed by atoms with van der Waals surface area (Å²) in [5.74, 6) is -6.57. The first kappa shape index (κ1) is 31.9. The van der Waals surface area contributed by atoms with Gasteiger partial charge in [0, 0.05) is 24.0 Å². The number of carbonyl (C=O) groups excluding carboxylic acids is 1. The maximum atomic E-state index is 15.2. The molecule has 0 amide bonds. The van der Waals surface area contributed by atoms with Gasteiger partial charge in [0.15, 0.2) is 15.6 Å². The molecule has 2 aromatic rings. The summed E-state index contributed by atoms with van der Waals surface area (Å²) < 4.78 is 95.2. The molecule has 240 valence electrons. The average Bonchev–Trinajstić information content (AvgIpc) is 3.26. The highest BCUT2D eigenvalue weighted by Gasteiger charge is 2.79. The van der Waals surface area contributed by atoms with Gasteiger partial charge in [0.25, 0.3) is 0 Å². The molecule has 2 fully saturated rings. The molecule has 0 aromatic heterocycles. The molecule has 4 nitrogen and oxygen atoms in total. The van der Waals surface area contributed by atoms with E-state index in [4.69, 9.17) is 0 Å². The summed E-state index contributed by atoms with van der Waals surface area (Å²) in [5.41, 5.74) is 0.398. The van der Waals surface area contributed by atoms with Gasteiger partial charge in [0.1, 0.15) is 5.60 Å². The van der Waals surface area contributed by atoms with Gasteiger partial charge in [-0.25, -0.2) is 8.42 Å². The van der Waals surface area contributed by atoms with Crippen LogP contribution in [0.3, 0.4) is 0 Å². The van der Waals surface area contributed by atoms with Crippen LogP contribution in [0.15, 0.2) is 76.2 Å². The van der Waals surface area contributed by atoms with Crippen molar-refractivity contribution in [2.24, 2.45) is 17.3 Å². The van der Waals surface area contributed by atoms with Crippen molar-refractivity contribution < 1.29 is 40.3 Å². The molecule has 4 aliphatic rings. The van der Waals surface area contributed by atoms with Crippen LogP contribution >= 0.6 is 0 Å². The minimum Gasteiger partial charge on any atom is -0.383 e. The Morgan fingerprint density at radius 1 is 0.889 bits per heavy atom. The predicted octanol–water partition coefficient (Wildman–Crippen LogP) is 8.09. The van der Waals surface area contributed by atoms with Gasteiger partial charge in [0.05, 0.1) is 4.90 Å². The number of allylic oxidation sites excluding steroid dienone is 4. The molecule has 0 aliphatic heterocycles. The largest absolute Gasteiger partial charge is 0.456 e. The Hall–Kier alpha value is -3.11. The highest BCUT2D eigenvalue weighted by molar-refractivity contribution is 7.90. The minimum atomic E-state index is -5.89. The molecule has 2 saturated carbocycles. The van der Waals surface area contributed by atoms with Gasteiger partial charge in [0.2, 0.25) is 0 Å². The van der Waals surface area contributed by atoms with Crippen LogP contribution in [0.2, 0.25) is 0 Å². The Balaban J connectivity index is 1.38. The highest BCUT2D eigenvalue weighted by atomic mass is 32.2. The monoisotopic (exact) mass is 646 g/mol. The third-order valence-electron chi connectivity index (χ3n) is 10.9. The van der Waals surface area contributed by atoms with Gasteiger partial charge < -0.3 is 5.11 Å². The lowest BCUT2D eigenvalue weighted by Gasteiger charge is -2.56. The van der Waals surface area contributed by atoms with E-state index in [-0.39, 0.29) is 29.4 Å². The van der Waals surface area contributed by atoms with Crippen molar-refractivity contribution in [2.45, 2.75) is 80.4 Å². The van der Waals surface area contributed by atoms with Gasteiger partial charge in [-0.2, -0.15) is 22.0 Å². The molecule has 0 radical (unpaired) electrons. The van der Waals surface area contributed by atoms with Crippen molar-refractivity contribution in [2.75, 3.05) is 6.26 Å². The molecular weight excluding hydrogens is 611 g/mol. The molecule has 0 saturated heterocycles. The summed E-state index contributed by atoms with van der Waals surface area (Å²) in [6.45, 7) is 1.42. The van der Waals surface area contributed by atoms with E-state index < -0.39 is 51.2 Å². The molecule has 0 spiro atoms. The summed E-state index contributed by atoms with van der Waals surface area (Å²) in [6.07, 6.45) is 1.86. The van der Waals surface area contributed by atoms with E-state index in [2.05, 4.69) is 0 Å². The second-order valence-electron chi connectivity index (χ2n) is 13.3. The zero-order valence-electron chi connectivity index (χ0n) is 25.0. The summed E-state index contributed by atoms with van der Waals surface area (Å²) >= 11 is 0. The SMILES string of the molecule is C[C@]12C[C@H](c3ccc(/C=C/c4ccc(S(C)(=O)=O)cc4)cc3)C3=C4CCC(=O)C=C4CC[C@H]3[C@@H]1CC[C@@]2(O)C(F)(F)C(F)(F)F. The van der Waals surface area contributed by atoms with Crippen LogP contribution in [0.25, 0.3) is 12.2 Å². The number of sulfone groups is 1. The number of alkyl halides is 5. The molecule has 45 heavy (non-hydrogen) atoms. The molecular formula is C35H35F5O4S. The second-order valence-corrected chi connectivity index (χ2v) is 15.3. The van der Waals surface area contributed by atoms with Crippen LogP contribution in [-0.4, -0.2) is 43.3 Å². The quantitative estimate of drug-likeness (QED) is 0.263. The Morgan fingerprint density at radius 2 is 1.49 bits per heavy atom. The Kier molecular flexibility index (Phi) is 7.59. The minimum absolute atomic E-state index is 0.0344. The number of ketones is 1. The summed E-state index contributed by atoms with van der Waals surface area (Å²) in [7, 11) is -3.31. The Bertz CT molecular complexity index is 1720. The van der Waals surface area contributed by atoms with Crippen molar-refractivity contribution in [3.63, 3.8) is 0 Å². The highest BCUT2D eigenvalue weighted by Crippen LogP contribution is 2.70. The smallest absolute Gasteiger partial charge is 0.383 e. The van der Waals surface area contributed by atoms with E-state index in [1.165, 1.54) is 19.1 Å². The predicted molar refractivity (Wildman–Crippen MR) is 161 cm³/mol. The fourth-order valence-electron chi connectivity index (χ4n) is 8.57. The van der Waals surface area contributed by atoms with E-state index in [0.29, 0.717) is 25.7 Å². The third kappa shape index (κ3) is 5.12. The van der Waals surface area contributed by atoms with Crippen LogP contribution in [0.4, 0.5) is 22.0 Å². The van der Waals surface area contributed by atoms with E-state index in [1.54, 1.807) is 18.2 Å². The van der Waals surface area contributed by atoms with Gasteiger partial charge in [-0.1, -0.05) is 61.0 Å². The molecule has 6 rings (SSSR count). The van der Waals surface area contributed by atoms with E-state index in [9.17, 15) is 31.5 Å². The van der Waals surface area contributed by atoms with Gasteiger partial charge in [-0.15, -0.1) is 0 Å². The normalized spacial score (nSPS) is 30.6. The number of fused-ring (bicyclic) bond motifs is 4. The molecule has 10 heteroatoms. The topological polar surface area (TPSA) is 71.4 Å². The first-order valence-corrected chi connectivity index (χ1v) is 17.1. The van der Waals surface area contributed by atoms with Crippen LogP contribution in [0, 0.1) is 17.3 Å². The lowest BCUT2D eigenvalue weighted by atomic mass is 9.50. The van der Waals surface area contributed by atoms with Crippen molar-refractivity contribution in [1.29, 1.82) is 0 Å². The maximum absolute atomic E-state index is 15.2. The summed E-state index contributed by atoms with van der Waals surface area (Å²) in [5, 5.41) is 11.4. The maximum Gasteiger partial charge on any atom is 0.456 e. The lowest BCUT2D eigenvalue weighted by molar-refractivity contribution is -0.362. The Labute approximate surface area is 259 Å². The number of hydrogen-bond acceptors (Lipinski definition) is 4. The molecule has 0 bridgehead atoms. The third-order valence-corrected chi connectivity index (χ3v) is 12.0. The molecule has 2 aromatic carbocycles. The molecule has 4 aliphatic carbocycles. The van der Waals surface area contributed by atoms with Gasteiger partial charge in [-0.3, -0.25) is 4.79 Å². The van der Waals surface area contributed by atoms with Crippen LogP contribution < -0.4 is 0 Å². The first-order valence-electron chi connectivity index (χ1n) is 15.2. The van der Waals surface area contributed by atoms with Gasteiger partial charge in [-0.05, 0) is 96.4 Å². The van der Waals surface area contributed by atoms with Crippen LogP contribution in [0.1, 0.15) is 74.5 Å². The standard InChI is InChI=1S/C35H35F5O4S/c1-32-20-29(23-9-5-21(6-10-23)3-4-22-7-13-26(14-8-22)45(2,43)44)31-27-16-12-25(41)19-24(27)11-15-28(31)30(32)17-18-33(32,42)34(36,37)35(38,39)40/h3-10,13-14,19,28-30,42H,11-12,15-18,20H2,1-2H3/b4-3+/t28-,29+,30-,32-,33-/m0/s1. The van der Waals surface area contributed by atoms with E-state index in [0.717, 1.165) is 39.7 Å². The number of carbonyl (C=O) groups is 1. The number of halogens is 5. The summed E-state index contributed by atoms with van der Waals surface area (Å²) in [4.78, 5) is 12.5. The average molecular weight is 647 g/mol. The Morgan fingerprint density at radius 3 is 2.07 bits per heavy atom. The van der Waals surface area contributed by atoms with Crippen molar-refractivity contribution in [3.8, 4) is 0 Å². The lowest BCUT2D eigenvalue weighted by Crippen LogP contribution is -2.65. The molecule has 5 atom stereocenters. The van der Waals surface area contributed by atoms with Crippen molar-refractivity contribution >= 4 is 27.8 Å². The summed E-state index contributed by atoms with van der Waals surface area (Å²) in [6, 6.07) is 13.8. The fourth-order valence-corrected chi connectivity index (χ4v) is 9.20. The number of benzene rings is 2. The van der Waals surface area contributed by atoms with Crippen molar-refractivity contribution in [1.82, 2.24) is 0 Å². The molecule has 1 N–H and O–H groups in total. The van der Waals surface area contributed by atoms with Crippen molar-refractivity contribution in [3.05, 3.63) is 88.0 Å². The fraction of sp³-hybridized carbons (Fsp3) is 0.457. The second kappa shape index (κ2) is 10.7. The number of aliphatic hydroxyl groups is 1. The van der Waals surface area contributed by atoms with Gasteiger partial charge >= 0.3 is 12.1 Å². The van der Waals surface area contributed by atoms with Crippen LogP contribution in [0.5, 0.6) is 0 Å². The number of rotatable bonds is 5. The zero-order valence-corrected chi connectivity index (χ0v) is 25.8. The van der Waals surface area contributed by atoms with E-state index in [1.807, 2.05) is 36.4 Å².